The predicted molar refractivity (Wildman–Crippen MR) is 110 cm³/mol. The van der Waals surface area contributed by atoms with Gasteiger partial charge in [0.05, 0.1) is 4.90 Å². The molecule has 0 unspecified atom stereocenters. The van der Waals surface area contributed by atoms with Crippen LogP contribution in [-0.4, -0.2) is 51.6 Å². The summed E-state index contributed by atoms with van der Waals surface area (Å²) in [4.78, 5) is 12.9. The minimum Gasteiger partial charge on any atom is -0.314 e. The summed E-state index contributed by atoms with van der Waals surface area (Å²) in [5.41, 5.74) is 2.83. The standard InChI is InChI=1S/C19H25ClN4O3S/c1-13(2)18(19(25)22-24-11-9-21-10-12-24)23-28(26,27)17-8-4-5-14-15(17)6-3-7-16(14)20/h3-8,13,18,21,23H,9-12H2,1-2H3,(H,22,25)/t18-/m0/s1. The third kappa shape index (κ3) is 4.64. The second-order valence-electron chi connectivity index (χ2n) is 7.15. The molecule has 1 atom stereocenters. The van der Waals surface area contributed by atoms with Crippen LogP contribution in [-0.2, 0) is 14.8 Å². The van der Waals surface area contributed by atoms with Crippen molar-refractivity contribution in [3.8, 4) is 0 Å². The van der Waals surface area contributed by atoms with Crippen LogP contribution in [0.15, 0.2) is 41.3 Å². The van der Waals surface area contributed by atoms with E-state index >= 15 is 0 Å². The first-order valence-corrected chi connectivity index (χ1v) is 11.1. The SMILES string of the molecule is CC(C)[C@H](NS(=O)(=O)c1cccc2c(Cl)cccc12)C(=O)NN1CCNCC1. The summed E-state index contributed by atoms with van der Waals surface area (Å²) in [5.74, 6) is -0.588. The molecule has 1 heterocycles. The van der Waals surface area contributed by atoms with Crippen LogP contribution < -0.4 is 15.5 Å². The van der Waals surface area contributed by atoms with Gasteiger partial charge in [0.1, 0.15) is 6.04 Å². The van der Waals surface area contributed by atoms with Gasteiger partial charge in [0, 0.05) is 42.0 Å². The third-order valence-corrected chi connectivity index (χ3v) is 6.56. The molecule has 1 aliphatic heterocycles. The van der Waals surface area contributed by atoms with E-state index in [4.69, 9.17) is 11.6 Å². The fourth-order valence-corrected chi connectivity index (χ4v) is 5.01. The highest BCUT2D eigenvalue weighted by Crippen LogP contribution is 2.28. The number of benzene rings is 2. The molecule has 28 heavy (non-hydrogen) atoms. The molecule has 0 aliphatic carbocycles. The Balaban J connectivity index is 1.86. The largest absolute Gasteiger partial charge is 0.314 e. The zero-order valence-corrected chi connectivity index (χ0v) is 17.5. The summed E-state index contributed by atoms with van der Waals surface area (Å²) in [7, 11) is -3.93. The Morgan fingerprint density at radius 1 is 1.11 bits per heavy atom. The van der Waals surface area contributed by atoms with E-state index in [0.29, 0.717) is 28.9 Å². The highest BCUT2D eigenvalue weighted by Gasteiger charge is 2.30. The van der Waals surface area contributed by atoms with Crippen LogP contribution in [0.5, 0.6) is 0 Å². The number of carbonyl (C=O) groups excluding carboxylic acids is 1. The highest BCUT2D eigenvalue weighted by atomic mass is 35.5. The normalized spacial score (nSPS) is 17.0. The lowest BCUT2D eigenvalue weighted by atomic mass is 10.1. The number of hydrogen-bond donors (Lipinski definition) is 3. The molecule has 0 saturated carbocycles. The topological polar surface area (TPSA) is 90.5 Å². The molecule has 9 heteroatoms. The average molecular weight is 425 g/mol. The number of sulfonamides is 1. The fraction of sp³-hybridized carbons (Fsp3) is 0.421. The average Bonchev–Trinajstić information content (AvgIpc) is 2.66. The van der Waals surface area contributed by atoms with Crippen molar-refractivity contribution >= 4 is 38.3 Å². The number of nitrogens with one attached hydrogen (secondary N) is 3. The maximum Gasteiger partial charge on any atom is 0.252 e. The van der Waals surface area contributed by atoms with Crippen molar-refractivity contribution in [1.29, 1.82) is 0 Å². The van der Waals surface area contributed by atoms with Gasteiger partial charge in [0.25, 0.3) is 5.91 Å². The number of rotatable bonds is 6. The number of hydrazine groups is 1. The first-order valence-electron chi connectivity index (χ1n) is 9.25. The van der Waals surface area contributed by atoms with Crippen molar-refractivity contribution in [3.63, 3.8) is 0 Å². The van der Waals surface area contributed by atoms with Gasteiger partial charge >= 0.3 is 0 Å². The Morgan fingerprint density at radius 2 is 1.75 bits per heavy atom. The summed E-state index contributed by atoms with van der Waals surface area (Å²) < 4.78 is 28.8. The van der Waals surface area contributed by atoms with Crippen LogP contribution in [0.3, 0.4) is 0 Å². The molecule has 3 rings (SSSR count). The van der Waals surface area contributed by atoms with Gasteiger partial charge in [-0.05, 0) is 18.1 Å². The number of amides is 1. The molecule has 152 valence electrons. The highest BCUT2D eigenvalue weighted by molar-refractivity contribution is 7.89. The maximum absolute atomic E-state index is 13.1. The number of halogens is 1. The summed E-state index contributed by atoms with van der Waals surface area (Å²) in [5, 5.41) is 6.66. The maximum atomic E-state index is 13.1. The molecule has 0 radical (unpaired) electrons. The lowest BCUT2D eigenvalue weighted by Gasteiger charge is -2.30. The quantitative estimate of drug-likeness (QED) is 0.657. The molecule has 0 aromatic heterocycles. The minimum atomic E-state index is -3.93. The van der Waals surface area contributed by atoms with E-state index in [1.165, 1.54) is 6.07 Å². The molecule has 1 fully saturated rings. The Bertz CT molecular complexity index is 959. The predicted octanol–water partition coefficient (Wildman–Crippen LogP) is 1.73. The summed E-state index contributed by atoms with van der Waals surface area (Å²) in [6.07, 6.45) is 0. The van der Waals surface area contributed by atoms with Gasteiger partial charge in [-0.25, -0.2) is 13.4 Å². The Hall–Kier alpha value is -1.71. The van der Waals surface area contributed by atoms with Gasteiger partial charge in [-0.3, -0.25) is 10.2 Å². The van der Waals surface area contributed by atoms with Crippen LogP contribution in [0.4, 0.5) is 0 Å². The van der Waals surface area contributed by atoms with Crippen molar-refractivity contribution in [3.05, 3.63) is 41.4 Å². The zero-order chi connectivity index (χ0) is 20.3. The van der Waals surface area contributed by atoms with Crippen molar-refractivity contribution in [2.75, 3.05) is 26.2 Å². The van der Waals surface area contributed by atoms with Crippen molar-refractivity contribution < 1.29 is 13.2 Å². The zero-order valence-electron chi connectivity index (χ0n) is 15.9. The molecule has 2 aromatic rings. The molecule has 2 aromatic carbocycles. The fourth-order valence-electron chi connectivity index (χ4n) is 3.20. The van der Waals surface area contributed by atoms with Crippen LogP contribution in [0.1, 0.15) is 13.8 Å². The second-order valence-corrected chi connectivity index (χ2v) is 9.24. The van der Waals surface area contributed by atoms with Gasteiger partial charge in [0.15, 0.2) is 0 Å². The van der Waals surface area contributed by atoms with E-state index in [1.54, 1.807) is 35.3 Å². The molecular formula is C19H25ClN4O3S. The molecule has 1 saturated heterocycles. The third-order valence-electron chi connectivity index (χ3n) is 4.73. The van der Waals surface area contributed by atoms with Crippen LogP contribution in [0, 0.1) is 5.92 Å². The Labute approximate surface area is 170 Å². The lowest BCUT2D eigenvalue weighted by molar-refractivity contribution is -0.128. The summed E-state index contributed by atoms with van der Waals surface area (Å²) >= 11 is 6.20. The van der Waals surface area contributed by atoms with Gasteiger partial charge in [0.2, 0.25) is 10.0 Å². The Kier molecular flexibility index (Phi) is 6.57. The van der Waals surface area contributed by atoms with Gasteiger partial charge in [-0.15, -0.1) is 0 Å². The van der Waals surface area contributed by atoms with Crippen molar-refractivity contribution in [2.45, 2.75) is 24.8 Å². The van der Waals surface area contributed by atoms with Crippen LogP contribution in [0.2, 0.25) is 5.02 Å². The molecular weight excluding hydrogens is 400 g/mol. The molecule has 3 N–H and O–H groups in total. The minimum absolute atomic E-state index is 0.105. The summed E-state index contributed by atoms with van der Waals surface area (Å²) in [6, 6.07) is 9.18. The monoisotopic (exact) mass is 424 g/mol. The number of hydrogen-bond acceptors (Lipinski definition) is 5. The molecule has 0 bridgehead atoms. The molecule has 0 spiro atoms. The first kappa shape index (κ1) is 21.0. The van der Waals surface area contributed by atoms with E-state index < -0.39 is 16.1 Å². The van der Waals surface area contributed by atoms with E-state index in [0.717, 1.165) is 13.1 Å². The van der Waals surface area contributed by atoms with Crippen LogP contribution in [0.25, 0.3) is 10.8 Å². The van der Waals surface area contributed by atoms with Gasteiger partial charge in [-0.1, -0.05) is 49.7 Å². The molecule has 1 amide bonds. The molecule has 7 nitrogen and oxygen atoms in total. The van der Waals surface area contributed by atoms with E-state index in [9.17, 15) is 13.2 Å². The number of carbonyl (C=O) groups is 1. The van der Waals surface area contributed by atoms with Gasteiger partial charge < -0.3 is 5.32 Å². The first-order chi connectivity index (χ1) is 13.3. The Morgan fingerprint density at radius 3 is 2.43 bits per heavy atom. The van der Waals surface area contributed by atoms with Crippen molar-refractivity contribution in [2.24, 2.45) is 5.92 Å². The number of nitrogens with zero attached hydrogens (tertiary/aromatic N) is 1. The van der Waals surface area contributed by atoms with Gasteiger partial charge in [-0.2, -0.15) is 4.72 Å². The van der Waals surface area contributed by atoms with E-state index in [1.807, 2.05) is 13.8 Å². The molecule has 1 aliphatic rings. The number of fused-ring (bicyclic) bond motifs is 1. The second kappa shape index (κ2) is 8.75. The van der Waals surface area contributed by atoms with Crippen LogP contribution >= 0.6 is 11.6 Å². The van der Waals surface area contributed by atoms with E-state index in [-0.39, 0.29) is 16.7 Å². The number of piperazine rings is 1. The smallest absolute Gasteiger partial charge is 0.252 e. The lowest BCUT2D eigenvalue weighted by Crippen LogP contribution is -2.58. The van der Waals surface area contributed by atoms with E-state index in [2.05, 4.69) is 15.5 Å². The summed E-state index contributed by atoms with van der Waals surface area (Å²) in [6.45, 7) is 6.51. The van der Waals surface area contributed by atoms with Crippen molar-refractivity contribution in [1.82, 2.24) is 20.5 Å².